The summed E-state index contributed by atoms with van der Waals surface area (Å²) < 4.78 is 4.62. The van der Waals surface area contributed by atoms with Gasteiger partial charge in [-0.15, -0.1) is 11.3 Å². The Morgan fingerprint density at radius 1 is 1.71 bits per heavy atom. The van der Waals surface area contributed by atoms with E-state index in [9.17, 15) is 4.79 Å². The van der Waals surface area contributed by atoms with Crippen LogP contribution in [-0.2, 0) is 9.53 Å². The van der Waals surface area contributed by atoms with Crippen LogP contribution in [0.15, 0.2) is 11.4 Å². The molecule has 3 nitrogen and oxygen atoms in total. The minimum absolute atomic E-state index is 0.0983. The monoisotopic (exact) mass is 213 g/mol. The van der Waals surface area contributed by atoms with Gasteiger partial charge in [-0.3, -0.25) is 4.79 Å². The lowest BCUT2D eigenvalue weighted by Gasteiger charge is -2.10. The van der Waals surface area contributed by atoms with Crippen LogP contribution in [0.4, 0.5) is 0 Å². The van der Waals surface area contributed by atoms with Crippen molar-refractivity contribution in [2.24, 2.45) is 5.73 Å². The molecule has 78 valence electrons. The smallest absolute Gasteiger partial charge is 0.306 e. The summed E-state index contributed by atoms with van der Waals surface area (Å²) >= 11 is 1.65. The van der Waals surface area contributed by atoms with Gasteiger partial charge < -0.3 is 10.5 Å². The van der Waals surface area contributed by atoms with Crippen LogP contribution >= 0.6 is 11.3 Å². The predicted octanol–water partition coefficient (Wildman–Crippen LogP) is 1.66. The van der Waals surface area contributed by atoms with Crippen molar-refractivity contribution in [2.75, 3.05) is 13.7 Å². The fourth-order valence-corrected chi connectivity index (χ4v) is 2.27. The van der Waals surface area contributed by atoms with Crippen LogP contribution in [0, 0.1) is 6.92 Å². The van der Waals surface area contributed by atoms with E-state index in [0.29, 0.717) is 13.0 Å². The Morgan fingerprint density at radius 3 is 2.86 bits per heavy atom. The van der Waals surface area contributed by atoms with Gasteiger partial charge in [0.25, 0.3) is 0 Å². The molecule has 1 atom stereocenters. The molecular formula is C10H15NO2S. The standard InChI is InChI=1S/C10H15NO2S/c1-7-3-9(14-6-7)8(5-11)4-10(12)13-2/h3,6,8H,4-5,11H2,1-2H3. The Labute approximate surface area is 87.9 Å². The molecule has 0 saturated heterocycles. The number of rotatable bonds is 4. The normalized spacial score (nSPS) is 12.5. The molecule has 4 heteroatoms. The molecule has 0 spiro atoms. The van der Waals surface area contributed by atoms with Crippen molar-refractivity contribution in [3.63, 3.8) is 0 Å². The van der Waals surface area contributed by atoms with Gasteiger partial charge >= 0.3 is 5.97 Å². The molecular weight excluding hydrogens is 198 g/mol. The quantitative estimate of drug-likeness (QED) is 0.774. The zero-order valence-corrected chi connectivity index (χ0v) is 9.26. The molecule has 0 amide bonds. The van der Waals surface area contributed by atoms with E-state index >= 15 is 0 Å². The van der Waals surface area contributed by atoms with Crippen LogP contribution in [0.2, 0.25) is 0 Å². The highest BCUT2D eigenvalue weighted by molar-refractivity contribution is 7.10. The van der Waals surface area contributed by atoms with Crippen molar-refractivity contribution in [1.82, 2.24) is 0 Å². The predicted molar refractivity (Wildman–Crippen MR) is 57.5 cm³/mol. The largest absolute Gasteiger partial charge is 0.469 e. The van der Waals surface area contributed by atoms with Crippen molar-refractivity contribution in [2.45, 2.75) is 19.3 Å². The average molecular weight is 213 g/mol. The van der Waals surface area contributed by atoms with E-state index in [1.165, 1.54) is 12.7 Å². The van der Waals surface area contributed by atoms with Gasteiger partial charge in [-0.1, -0.05) is 0 Å². The number of ether oxygens (including phenoxy) is 1. The number of aryl methyl sites for hydroxylation is 1. The van der Waals surface area contributed by atoms with Crippen molar-refractivity contribution < 1.29 is 9.53 Å². The third-order valence-corrected chi connectivity index (χ3v) is 3.29. The van der Waals surface area contributed by atoms with Gasteiger partial charge in [0.1, 0.15) is 0 Å². The van der Waals surface area contributed by atoms with E-state index in [4.69, 9.17) is 5.73 Å². The average Bonchev–Trinajstić information content (AvgIpc) is 2.60. The molecule has 0 fully saturated rings. The van der Waals surface area contributed by atoms with Crippen LogP contribution in [0.25, 0.3) is 0 Å². The van der Waals surface area contributed by atoms with Gasteiger partial charge in [-0.2, -0.15) is 0 Å². The Morgan fingerprint density at radius 2 is 2.43 bits per heavy atom. The van der Waals surface area contributed by atoms with Crippen molar-refractivity contribution in [1.29, 1.82) is 0 Å². The van der Waals surface area contributed by atoms with E-state index in [1.807, 2.05) is 6.92 Å². The summed E-state index contributed by atoms with van der Waals surface area (Å²) in [5, 5.41) is 2.06. The topological polar surface area (TPSA) is 52.3 Å². The van der Waals surface area contributed by atoms with Gasteiger partial charge in [0.05, 0.1) is 13.5 Å². The molecule has 0 bridgehead atoms. The molecule has 0 aliphatic rings. The number of nitrogens with two attached hydrogens (primary N) is 1. The van der Waals surface area contributed by atoms with Gasteiger partial charge in [0, 0.05) is 17.3 Å². The highest BCUT2D eigenvalue weighted by atomic mass is 32.1. The molecule has 0 aliphatic carbocycles. The van der Waals surface area contributed by atoms with Crippen LogP contribution < -0.4 is 5.73 Å². The van der Waals surface area contributed by atoms with Crippen LogP contribution in [0.1, 0.15) is 22.8 Å². The number of thiophene rings is 1. The molecule has 1 aromatic heterocycles. The fourth-order valence-electron chi connectivity index (χ4n) is 1.25. The summed E-state index contributed by atoms with van der Waals surface area (Å²) in [7, 11) is 1.40. The summed E-state index contributed by atoms with van der Waals surface area (Å²) in [6.07, 6.45) is 0.368. The molecule has 1 rings (SSSR count). The van der Waals surface area contributed by atoms with Gasteiger partial charge in [0.15, 0.2) is 0 Å². The zero-order valence-electron chi connectivity index (χ0n) is 8.45. The zero-order chi connectivity index (χ0) is 10.6. The second-order valence-electron chi connectivity index (χ2n) is 3.24. The lowest BCUT2D eigenvalue weighted by atomic mass is 10.0. The van der Waals surface area contributed by atoms with Crippen LogP contribution in [0.3, 0.4) is 0 Å². The molecule has 0 saturated carbocycles. The number of carbonyl (C=O) groups is 1. The summed E-state index contributed by atoms with van der Waals surface area (Å²) in [4.78, 5) is 12.3. The third kappa shape index (κ3) is 2.82. The van der Waals surface area contributed by atoms with E-state index in [2.05, 4.69) is 16.2 Å². The molecule has 14 heavy (non-hydrogen) atoms. The van der Waals surface area contributed by atoms with E-state index in [1.54, 1.807) is 11.3 Å². The van der Waals surface area contributed by atoms with Gasteiger partial charge in [-0.05, 0) is 23.9 Å². The number of methoxy groups -OCH3 is 1. The minimum Gasteiger partial charge on any atom is -0.469 e. The molecule has 1 unspecified atom stereocenters. The third-order valence-electron chi connectivity index (χ3n) is 2.08. The summed E-state index contributed by atoms with van der Waals surface area (Å²) in [5.74, 6) is -0.104. The Bertz CT molecular complexity index is 309. The molecule has 1 heterocycles. The lowest BCUT2D eigenvalue weighted by molar-refractivity contribution is -0.141. The van der Waals surface area contributed by atoms with E-state index in [-0.39, 0.29) is 11.9 Å². The van der Waals surface area contributed by atoms with Crippen molar-refractivity contribution in [3.8, 4) is 0 Å². The summed E-state index contributed by atoms with van der Waals surface area (Å²) in [6.45, 7) is 2.51. The van der Waals surface area contributed by atoms with Crippen molar-refractivity contribution >= 4 is 17.3 Å². The molecule has 0 aliphatic heterocycles. The Hall–Kier alpha value is -0.870. The van der Waals surface area contributed by atoms with E-state index in [0.717, 1.165) is 4.88 Å². The number of hydrogen-bond acceptors (Lipinski definition) is 4. The SMILES string of the molecule is COC(=O)CC(CN)c1cc(C)cs1. The molecule has 0 aromatic carbocycles. The second kappa shape index (κ2) is 5.12. The summed E-state index contributed by atoms with van der Waals surface area (Å²) in [6, 6.07) is 2.07. The van der Waals surface area contributed by atoms with E-state index < -0.39 is 0 Å². The van der Waals surface area contributed by atoms with Crippen molar-refractivity contribution in [3.05, 3.63) is 21.9 Å². The van der Waals surface area contributed by atoms with Crippen LogP contribution in [0.5, 0.6) is 0 Å². The number of hydrogen-bond donors (Lipinski definition) is 1. The van der Waals surface area contributed by atoms with Gasteiger partial charge in [-0.25, -0.2) is 0 Å². The summed E-state index contributed by atoms with van der Waals surface area (Å²) in [5.41, 5.74) is 6.83. The maximum Gasteiger partial charge on any atom is 0.306 e. The minimum atomic E-state index is -0.202. The highest BCUT2D eigenvalue weighted by Crippen LogP contribution is 2.25. The Kier molecular flexibility index (Phi) is 4.10. The first kappa shape index (κ1) is 11.2. The first-order valence-electron chi connectivity index (χ1n) is 4.49. The van der Waals surface area contributed by atoms with Crippen LogP contribution in [-0.4, -0.2) is 19.6 Å². The Balaban J connectivity index is 2.67. The molecule has 2 N–H and O–H groups in total. The highest BCUT2D eigenvalue weighted by Gasteiger charge is 2.16. The maximum absolute atomic E-state index is 11.1. The molecule has 0 radical (unpaired) electrons. The fraction of sp³-hybridized carbons (Fsp3) is 0.500. The lowest BCUT2D eigenvalue weighted by Crippen LogP contribution is -2.16. The maximum atomic E-state index is 11.1. The number of esters is 1. The second-order valence-corrected chi connectivity index (χ2v) is 4.18. The first-order valence-corrected chi connectivity index (χ1v) is 5.37. The molecule has 1 aromatic rings. The first-order chi connectivity index (χ1) is 6.67. The number of carbonyl (C=O) groups excluding carboxylic acids is 1. The van der Waals surface area contributed by atoms with Gasteiger partial charge in [0.2, 0.25) is 0 Å².